The quantitative estimate of drug-likeness (QED) is 0.441. The summed E-state index contributed by atoms with van der Waals surface area (Å²) in [7, 11) is 0. The molecule has 2 aliphatic rings. The highest BCUT2D eigenvalue weighted by Gasteiger charge is 2.50. The van der Waals surface area contributed by atoms with Crippen molar-refractivity contribution in [3.05, 3.63) is 0 Å². The summed E-state index contributed by atoms with van der Waals surface area (Å²) in [5, 5.41) is 0. The summed E-state index contributed by atoms with van der Waals surface area (Å²) in [5.41, 5.74) is 0. The Morgan fingerprint density at radius 3 is 2.88 bits per heavy atom. The predicted molar refractivity (Wildman–Crippen MR) is 29.2 cm³/mol. The Labute approximate surface area is 48.5 Å². The van der Waals surface area contributed by atoms with Crippen LogP contribution in [0.4, 0.5) is 0 Å². The first-order valence-electron chi connectivity index (χ1n) is 3.07. The summed E-state index contributed by atoms with van der Waals surface area (Å²) in [6, 6.07) is 0.802. The number of piperidine rings is 1. The Balaban J connectivity index is 2.03. The standard InChI is InChI=1S/C6H8NO/c8-4-6-5-2-1-3-7(5)6/h5-6H,1-3H2. The van der Waals surface area contributed by atoms with Crippen LogP contribution < -0.4 is 0 Å². The second-order valence-electron chi connectivity index (χ2n) is 2.51. The molecule has 2 nitrogen and oxygen atoms in total. The van der Waals surface area contributed by atoms with Crippen LogP contribution in [0.5, 0.6) is 0 Å². The van der Waals surface area contributed by atoms with E-state index in [0.717, 1.165) is 6.54 Å². The van der Waals surface area contributed by atoms with E-state index in [2.05, 4.69) is 4.90 Å². The fourth-order valence-corrected chi connectivity index (χ4v) is 1.59. The van der Waals surface area contributed by atoms with Crippen LogP contribution in [0, 0.1) is 0 Å². The first-order chi connectivity index (χ1) is 3.93. The maximum atomic E-state index is 10.0. The van der Waals surface area contributed by atoms with Gasteiger partial charge in [0, 0.05) is 6.04 Å². The molecule has 0 saturated carbocycles. The molecule has 0 aromatic rings. The van der Waals surface area contributed by atoms with Gasteiger partial charge in [-0.15, -0.1) is 0 Å². The van der Waals surface area contributed by atoms with Gasteiger partial charge in [0.2, 0.25) is 6.29 Å². The van der Waals surface area contributed by atoms with Gasteiger partial charge in [-0.05, 0) is 19.4 Å². The Morgan fingerprint density at radius 2 is 2.50 bits per heavy atom. The molecule has 2 aliphatic heterocycles. The third kappa shape index (κ3) is 0.388. The van der Waals surface area contributed by atoms with Crippen molar-refractivity contribution in [2.75, 3.05) is 6.54 Å². The van der Waals surface area contributed by atoms with Crippen molar-refractivity contribution in [3.8, 4) is 0 Å². The zero-order chi connectivity index (χ0) is 5.56. The van der Waals surface area contributed by atoms with Crippen LogP contribution in [0.1, 0.15) is 12.8 Å². The van der Waals surface area contributed by atoms with Crippen LogP contribution in [0.2, 0.25) is 0 Å². The number of nitrogens with zero attached hydrogens (tertiary/aromatic N) is 1. The number of rotatable bonds is 1. The van der Waals surface area contributed by atoms with Crippen LogP contribution >= 0.6 is 0 Å². The molecular weight excluding hydrogens is 102 g/mol. The van der Waals surface area contributed by atoms with Gasteiger partial charge in [-0.1, -0.05) is 0 Å². The van der Waals surface area contributed by atoms with Crippen LogP contribution in [-0.4, -0.2) is 29.8 Å². The first kappa shape index (κ1) is 4.50. The van der Waals surface area contributed by atoms with Gasteiger partial charge < -0.3 is 0 Å². The molecule has 0 N–H and O–H groups in total. The fourth-order valence-electron chi connectivity index (χ4n) is 1.59. The summed E-state index contributed by atoms with van der Waals surface area (Å²) in [6.45, 7) is 1.13. The summed E-state index contributed by atoms with van der Waals surface area (Å²) in [4.78, 5) is 12.2. The van der Waals surface area contributed by atoms with Gasteiger partial charge in [-0.25, -0.2) is 0 Å². The molecule has 3 atom stereocenters. The van der Waals surface area contributed by atoms with Crippen molar-refractivity contribution in [1.29, 1.82) is 0 Å². The van der Waals surface area contributed by atoms with Gasteiger partial charge >= 0.3 is 0 Å². The third-order valence-electron chi connectivity index (χ3n) is 2.09. The molecule has 8 heavy (non-hydrogen) atoms. The third-order valence-corrected chi connectivity index (χ3v) is 2.09. The van der Waals surface area contributed by atoms with E-state index in [1.54, 1.807) is 0 Å². The van der Waals surface area contributed by atoms with E-state index in [1.165, 1.54) is 12.8 Å². The monoisotopic (exact) mass is 110 g/mol. The van der Waals surface area contributed by atoms with Crippen molar-refractivity contribution in [1.82, 2.24) is 4.90 Å². The minimum absolute atomic E-state index is 0.198. The molecule has 2 rings (SSSR count). The lowest BCUT2D eigenvalue weighted by Gasteiger charge is -1.89. The van der Waals surface area contributed by atoms with E-state index in [-0.39, 0.29) is 6.04 Å². The average Bonchev–Trinajstić information content (AvgIpc) is 2.22. The molecule has 1 radical (unpaired) electrons. The SMILES string of the molecule is O=[C]C1C2CCCN12. The number of hydrogen-bond donors (Lipinski definition) is 0. The molecule has 0 amide bonds. The van der Waals surface area contributed by atoms with Gasteiger partial charge in [0.1, 0.15) is 0 Å². The molecule has 0 bridgehead atoms. The normalized spacial score (nSPS) is 50.8. The lowest BCUT2D eigenvalue weighted by atomic mass is 10.2. The van der Waals surface area contributed by atoms with Crippen LogP contribution in [-0.2, 0) is 4.79 Å². The highest BCUT2D eigenvalue weighted by Crippen LogP contribution is 2.36. The van der Waals surface area contributed by atoms with Crippen molar-refractivity contribution in [3.63, 3.8) is 0 Å². The van der Waals surface area contributed by atoms with E-state index in [4.69, 9.17) is 0 Å². The zero-order valence-corrected chi connectivity index (χ0v) is 4.63. The topological polar surface area (TPSA) is 20.1 Å². The van der Waals surface area contributed by atoms with Crippen molar-refractivity contribution >= 4 is 6.29 Å². The van der Waals surface area contributed by atoms with Gasteiger partial charge in [-0.2, -0.15) is 0 Å². The van der Waals surface area contributed by atoms with E-state index >= 15 is 0 Å². The minimum atomic E-state index is 0.198. The molecule has 2 heterocycles. The average molecular weight is 110 g/mol. The van der Waals surface area contributed by atoms with Gasteiger partial charge in [-0.3, -0.25) is 9.69 Å². The predicted octanol–water partition coefficient (Wildman–Crippen LogP) is -0.0573. The van der Waals surface area contributed by atoms with Crippen molar-refractivity contribution < 1.29 is 4.79 Å². The first-order valence-corrected chi connectivity index (χ1v) is 3.07. The second kappa shape index (κ2) is 1.32. The van der Waals surface area contributed by atoms with Gasteiger partial charge in [0.25, 0.3) is 0 Å². The molecule has 2 fully saturated rings. The molecule has 0 aliphatic carbocycles. The lowest BCUT2D eigenvalue weighted by molar-refractivity contribution is 0.521. The molecule has 2 saturated heterocycles. The number of carbonyl (C=O) groups excluding carboxylic acids is 1. The van der Waals surface area contributed by atoms with E-state index in [9.17, 15) is 4.79 Å². The molecule has 0 spiro atoms. The van der Waals surface area contributed by atoms with Crippen molar-refractivity contribution in [2.24, 2.45) is 0 Å². The number of fused-ring (bicyclic) bond motifs is 1. The molecule has 0 aromatic heterocycles. The fraction of sp³-hybridized carbons (Fsp3) is 0.833. The highest BCUT2D eigenvalue weighted by molar-refractivity contribution is 5.65. The van der Waals surface area contributed by atoms with Crippen LogP contribution in [0.3, 0.4) is 0 Å². The van der Waals surface area contributed by atoms with E-state index < -0.39 is 0 Å². The maximum absolute atomic E-state index is 10.0. The summed E-state index contributed by atoms with van der Waals surface area (Å²) in [5.74, 6) is 0. The minimum Gasteiger partial charge on any atom is -0.289 e. The zero-order valence-electron chi connectivity index (χ0n) is 4.63. The van der Waals surface area contributed by atoms with Gasteiger partial charge in [0.15, 0.2) is 0 Å². The Kier molecular flexibility index (Phi) is 0.742. The highest BCUT2D eigenvalue weighted by atomic mass is 16.1. The maximum Gasteiger partial charge on any atom is 0.218 e. The number of hydrogen-bond acceptors (Lipinski definition) is 2. The Morgan fingerprint density at radius 1 is 1.62 bits per heavy atom. The largest absolute Gasteiger partial charge is 0.289 e. The van der Waals surface area contributed by atoms with Crippen LogP contribution in [0.25, 0.3) is 0 Å². The summed E-state index contributed by atoms with van der Waals surface area (Å²) >= 11 is 0. The smallest absolute Gasteiger partial charge is 0.218 e. The lowest BCUT2D eigenvalue weighted by Crippen LogP contribution is -2.02. The Hall–Kier alpha value is -0.370. The molecular formula is C6H8NO. The van der Waals surface area contributed by atoms with Crippen molar-refractivity contribution in [2.45, 2.75) is 24.9 Å². The molecule has 0 aromatic carbocycles. The molecule has 3 unspecified atom stereocenters. The van der Waals surface area contributed by atoms with E-state index in [1.807, 2.05) is 6.29 Å². The summed E-state index contributed by atoms with van der Waals surface area (Å²) in [6.07, 6.45) is 4.52. The van der Waals surface area contributed by atoms with Gasteiger partial charge in [0.05, 0.1) is 6.04 Å². The Bertz CT molecular complexity index is 114. The van der Waals surface area contributed by atoms with E-state index in [0.29, 0.717) is 6.04 Å². The second-order valence-corrected chi connectivity index (χ2v) is 2.51. The molecule has 2 heteroatoms. The summed E-state index contributed by atoms with van der Waals surface area (Å²) < 4.78 is 0. The molecule has 43 valence electrons. The van der Waals surface area contributed by atoms with Crippen LogP contribution in [0.15, 0.2) is 0 Å².